The molecule has 0 radical (unpaired) electrons. The molecule has 1 fully saturated rings. The van der Waals surface area contributed by atoms with Gasteiger partial charge in [0.2, 0.25) is 21.8 Å². The number of carbonyl (C=O) groups excluding carboxylic acids is 2. The van der Waals surface area contributed by atoms with Gasteiger partial charge in [0.15, 0.2) is 0 Å². The molecule has 218 valence electrons. The van der Waals surface area contributed by atoms with Crippen molar-refractivity contribution in [3.63, 3.8) is 0 Å². The highest BCUT2D eigenvalue weighted by Gasteiger charge is 2.34. The van der Waals surface area contributed by atoms with Crippen LogP contribution in [0.3, 0.4) is 0 Å². The molecule has 0 aliphatic heterocycles. The Morgan fingerprint density at radius 1 is 0.927 bits per heavy atom. The molecule has 41 heavy (non-hydrogen) atoms. The number of aryl methyl sites for hydroxylation is 1. The van der Waals surface area contributed by atoms with E-state index in [1.54, 1.807) is 0 Å². The van der Waals surface area contributed by atoms with Crippen molar-refractivity contribution in [2.45, 2.75) is 57.7 Å². The van der Waals surface area contributed by atoms with Gasteiger partial charge in [-0.1, -0.05) is 96.2 Å². The number of amides is 2. The summed E-state index contributed by atoms with van der Waals surface area (Å²) in [5, 5.41) is 3.59. The van der Waals surface area contributed by atoms with Crippen molar-refractivity contribution in [2.24, 2.45) is 0 Å². The Bertz CT molecular complexity index is 1460. The molecular weight excluding hydrogens is 581 g/mol. The maximum absolute atomic E-state index is 14.2. The molecule has 1 aliphatic rings. The van der Waals surface area contributed by atoms with E-state index in [1.807, 2.05) is 61.5 Å². The van der Waals surface area contributed by atoms with Gasteiger partial charge in [-0.15, -0.1) is 0 Å². The van der Waals surface area contributed by atoms with Gasteiger partial charge < -0.3 is 10.2 Å². The summed E-state index contributed by atoms with van der Waals surface area (Å²) >= 11 is 12.2. The van der Waals surface area contributed by atoms with Crippen LogP contribution in [0.5, 0.6) is 0 Å². The zero-order valence-corrected chi connectivity index (χ0v) is 25.6. The molecule has 1 N–H and O–H groups in total. The molecule has 1 unspecified atom stereocenters. The van der Waals surface area contributed by atoms with Crippen molar-refractivity contribution < 1.29 is 18.0 Å². The highest BCUT2D eigenvalue weighted by atomic mass is 35.5. The standard InChI is InChI=1S/C31H35Cl2N3O4S/c1-22-12-14-24(15-13-22)20-35(30(37)21-36(41(2,39)40)26-16-17-27(32)28(33)19-26)29(18-23-8-4-3-5-9-23)31(38)34-25-10-6-7-11-25/h3-5,8-9,12-17,19,25,29H,6-7,10-11,18,20-21H2,1-2H3,(H,34,38). The van der Waals surface area contributed by atoms with Gasteiger partial charge in [-0.3, -0.25) is 13.9 Å². The molecule has 4 rings (SSSR count). The number of hydrogen-bond acceptors (Lipinski definition) is 4. The van der Waals surface area contributed by atoms with Gasteiger partial charge in [0.25, 0.3) is 0 Å². The molecule has 0 aromatic heterocycles. The highest BCUT2D eigenvalue weighted by Crippen LogP contribution is 2.29. The second kappa shape index (κ2) is 13.7. The van der Waals surface area contributed by atoms with E-state index in [0.29, 0.717) is 0 Å². The number of hydrogen-bond donors (Lipinski definition) is 1. The zero-order chi connectivity index (χ0) is 29.6. The Labute approximate surface area is 252 Å². The summed E-state index contributed by atoms with van der Waals surface area (Å²) < 4.78 is 26.8. The monoisotopic (exact) mass is 615 g/mol. The molecule has 1 atom stereocenters. The fourth-order valence-corrected chi connectivity index (χ4v) is 6.20. The van der Waals surface area contributed by atoms with Gasteiger partial charge in [0.1, 0.15) is 12.6 Å². The summed E-state index contributed by atoms with van der Waals surface area (Å²) in [6.45, 7) is 1.60. The van der Waals surface area contributed by atoms with Crippen LogP contribution in [0.25, 0.3) is 0 Å². The average molecular weight is 617 g/mol. The van der Waals surface area contributed by atoms with Crippen molar-refractivity contribution in [3.05, 3.63) is 99.5 Å². The van der Waals surface area contributed by atoms with E-state index in [4.69, 9.17) is 23.2 Å². The normalized spacial score (nSPS) is 14.4. The SMILES string of the molecule is Cc1ccc(CN(C(=O)CN(c2ccc(Cl)c(Cl)c2)S(C)(=O)=O)C(Cc2ccccc2)C(=O)NC2CCCC2)cc1. The first kappa shape index (κ1) is 30.9. The molecular formula is C31H35Cl2N3O4S. The Morgan fingerprint density at radius 3 is 2.20 bits per heavy atom. The number of sulfonamides is 1. The lowest BCUT2D eigenvalue weighted by molar-refractivity contribution is -0.140. The summed E-state index contributed by atoms with van der Waals surface area (Å²) in [5.41, 5.74) is 3.00. The topological polar surface area (TPSA) is 86.8 Å². The summed E-state index contributed by atoms with van der Waals surface area (Å²) in [4.78, 5) is 29.5. The minimum atomic E-state index is -3.89. The van der Waals surface area contributed by atoms with Crippen LogP contribution in [0.4, 0.5) is 5.69 Å². The van der Waals surface area contributed by atoms with Crippen molar-refractivity contribution >= 4 is 50.7 Å². The number of carbonyl (C=O) groups is 2. The van der Waals surface area contributed by atoms with E-state index in [2.05, 4.69) is 5.32 Å². The molecule has 0 saturated heterocycles. The molecule has 0 bridgehead atoms. The minimum absolute atomic E-state index is 0.0563. The lowest BCUT2D eigenvalue weighted by Gasteiger charge is -2.34. The van der Waals surface area contributed by atoms with Crippen molar-refractivity contribution in [1.82, 2.24) is 10.2 Å². The minimum Gasteiger partial charge on any atom is -0.352 e. The van der Waals surface area contributed by atoms with Crippen LogP contribution >= 0.6 is 23.2 Å². The molecule has 1 aliphatic carbocycles. The van der Waals surface area contributed by atoms with Crippen LogP contribution in [-0.4, -0.2) is 50.0 Å². The van der Waals surface area contributed by atoms with Crippen LogP contribution < -0.4 is 9.62 Å². The van der Waals surface area contributed by atoms with Crippen LogP contribution in [0, 0.1) is 6.92 Å². The van der Waals surface area contributed by atoms with Gasteiger partial charge in [-0.05, 0) is 49.1 Å². The lowest BCUT2D eigenvalue weighted by atomic mass is 10.0. The van der Waals surface area contributed by atoms with Crippen molar-refractivity contribution in [2.75, 3.05) is 17.1 Å². The molecule has 7 nitrogen and oxygen atoms in total. The molecule has 3 aromatic carbocycles. The first-order valence-corrected chi connectivity index (χ1v) is 16.2. The summed E-state index contributed by atoms with van der Waals surface area (Å²) in [6.07, 6.45) is 5.20. The van der Waals surface area contributed by atoms with E-state index in [9.17, 15) is 18.0 Å². The Hall–Kier alpha value is -3.07. The van der Waals surface area contributed by atoms with Gasteiger partial charge in [-0.25, -0.2) is 8.42 Å². The van der Waals surface area contributed by atoms with E-state index in [-0.39, 0.29) is 40.6 Å². The van der Waals surface area contributed by atoms with Gasteiger partial charge in [-0.2, -0.15) is 0 Å². The van der Waals surface area contributed by atoms with E-state index < -0.39 is 28.5 Å². The number of anilines is 1. The Morgan fingerprint density at radius 2 is 1.59 bits per heavy atom. The van der Waals surface area contributed by atoms with E-state index in [1.165, 1.54) is 23.1 Å². The predicted octanol–water partition coefficient (Wildman–Crippen LogP) is 5.77. The summed E-state index contributed by atoms with van der Waals surface area (Å²) in [7, 11) is -3.89. The smallest absolute Gasteiger partial charge is 0.244 e. The zero-order valence-electron chi connectivity index (χ0n) is 23.2. The van der Waals surface area contributed by atoms with Gasteiger partial charge in [0, 0.05) is 19.0 Å². The largest absolute Gasteiger partial charge is 0.352 e. The molecule has 2 amide bonds. The number of nitrogens with zero attached hydrogens (tertiary/aromatic N) is 2. The lowest BCUT2D eigenvalue weighted by Crippen LogP contribution is -2.54. The summed E-state index contributed by atoms with van der Waals surface area (Å²) in [5.74, 6) is -0.758. The van der Waals surface area contributed by atoms with Gasteiger partial charge >= 0.3 is 0 Å². The van der Waals surface area contributed by atoms with Crippen LogP contribution in [0.2, 0.25) is 10.0 Å². The molecule has 1 saturated carbocycles. The fourth-order valence-electron chi connectivity index (χ4n) is 5.07. The second-order valence-corrected chi connectivity index (χ2v) is 13.3. The Balaban J connectivity index is 1.72. The maximum atomic E-state index is 14.2. The van der Waals surface area contributed by atoms with Crippen molar-refractivity contribution in [3.8, 4) is 0 Å². The number of rotatable bonds is 11. The second-order valence-electron chi connectivity index (χ2n) is 10.6. The fraction of sp³-hybridized carbons (Fsp3) is 0.355. The Kier molecular flexibility index (Phi) is 10.3. The quantitative estimate of drug-likeness (QED) is 0.297. The van der Waals surface area contributed by atoms with Crippen molar-refractivity contribution in [1.29, 1.82) is 0 Å². The molecule has 3 aromatic rings. The molecule has 10 heteroatoms. The van der Waals surface area contributed by atoms with Gasteiger partial charge in [0.05, 0.1) is 22.0 Å². The molecule has 0 heterocycles. The third-order valence-electron chi connectivity index (χ3n) is 7.32. The predicted molar refractivity (Wildman–Crippen MR) is 165 cm³/mol. The highest BCUT2D eigenvalue weighted by molar-refractivity contribution is 7.92. The van der Waals surface area contributed by atoms with E-state index >= 15 is 0 Å². The number of benzene rings is 3. The number of nitrogens with one attached hydrogen (secondary N) is 1. The van der Waals surface area contributed by atoms with Crippen LogP contribution in [-0.2, 0) is 32.6 Å². The molecule has 0 spiro atoms. The third kappa shape index (κ3) is 8.47. The first-order valence-electron chi connectivity index (χ1n) is 13.6. The average Bonchev–Trinajstić information content (AvgIpc) is 3.45. The first-order chi connectivity index (χ1) is 19.5. The van der Waals surface area contributed by atoms with E-state index in [0.717, 1.165) is 52.9 Å². The third-order valence-corrected chi connectivity index (χ3v) is 9.20. The van der Waals surface area contributed by atoms with Crippen LogP contribution in [0.15, 0.2) is 72.8 Å². The maximum Gasteiger partial charge on any atom is 0.244 e. The van der Waals surface area contributed by atoms with Crippen LogP contribution in [0.1, 0.15) is 42.4 Å². The number of halogens is 2. The summed E-state index contributed by atoms with van der Waals surface area (Å²) in [6, 6.07) is 20.8.